The number of alkyl halides is 3. The van der Waals surface area contributed by atoms with Gasteiger partial charge in [-0.2, -0.15) is 18.3 Å². The van der Waals surface area contributed by atoms with Crippen molar-refractivity contribution in [2.75, 3.05) is 11.1 Å². The molecular weight excluding hydrogens is 347 g/mol. The first-order chi connectivity index (χ1) is 12.2. The van der Waals surface area contributed by atoms with Gasteiger partial charge in [-0.25, -0.2) is 4.98 Å². The molecule has 0 unspecified atom stereocenters. The number of anilines is 2. The molecule has 0 radical (unpaired) electrons. The molecule has 0 atom stereocenters. The molecule has 26 heavy (non-hydrogen) atoms. The number of hydrogen-bond acceptors (Lipinski definition) is 4. The fourth-order valence-electron chi connectivity index (χ4n) is 2.25. The number of aromatic amines is 1. The second-order valence-corrected chi connectivity index (χ2v) is 5.61. The maximum absolute atomic E-state index is 12.6. The molecule has 3 aromatic rings. The molecule has 6 nitrogen and oxygen atoms in total. The molecule has 0 saturated heterocycles. The highest BCUT2D eigenvalue weighted by atomic mass is 19.4. The number of nitrogen functional groups attached to an aromatic ring is 1. The highest BCUT2D eigenvalue weighted by Crippen LogP contribution is 2.31. The quantitative estimate of drug-likeness (QED) is 0.664. The van der Waals surface area contributed by atoms with Crippen LogP contribution >= 0.6 is 0 Å². The average Bonchev–Trinajstić information content (AvgIpc) is 3.07. The van der Waals surface area contributed by atoms with Crippen LogP contribution in [0.5, 0.6) is 0 Å². The van der Waals surface area contributed by atoms with Crippen LogP contribution in [-0.2, 0) is 6.18 Å². The van der Waals surface area contributed by atoms with Crippen LogP contribution in [0.1, 0.15) is 21.7 Å². The van der Waals surface area contributed by atoms with Gasteiger partial charge >= 0.3 is 6.18 Å². The van der Waals surface area contributed by atoms with Gasteiger partial charge in [-0.3, -0.25) is 9.89 Å². The van der Waals surface area contributed by atoms with E-state index in [9.17, 15) is 18.0 Å². The molecule has 3 rings (SSSR count). The van der Waals surface area contributed by atoms with Crippen molar-refractivity contribution in [1.82, 2.24) is 15.2 Å². The van der Waals surface area contributed by atoms with Crippen molar-refractivity contribution in [3.05, 3.63) is 59.4 Å². The van der Waals surface area contributed by atoms with E-state index < -0.39 is 17.8 Å². The zero-order chi connectivity index (χ0) is 18.9. The molecule has 4 N–H and O–H groups in total. The molecule has 134 valence electrons. The Hall–Kier alpha value is -3.36. The predicted octanol–water partition coefficient (Wildman–Crippen LogP) is 3.63. The molecule has 2 aromatic heterocycles. The zero-order valence-corrected chi connectivity index (χ0v) is 13.6. The first-order valence-electron chi connectivity index (χ1n) is 7.51. The van der Waals surface area contributed by atoms with E-state index in [0.717, 1.165) is 11.6 Å². The smallest absolute Gasteiger partial charge is 0.383 e. The Labute approximate surface area is 146 Å². The molecule has 0 spiro atoms. The second kappa shape index (κ2) is 6.51. The minimum absolute atomic E-state index is 0.00665. The zero-order valence-electron chi connectivity index (χ0n) is 13.6. The van der Waals surface area contributed by atoms with E-state index in [4.69, 9.17) is 5.73 Å². The fourth-order valence-corrected chi connectivity index (χ4v) is 2.25. The summed E-state index contributed by atoms with van der Waals surface area (Å²) in [6.07, 6.45) is -4.54. The van der Waals surface area contributed by atoms with E-state index in [1.54, 1.807) is 12.1 Å². The third kappa shape index (κ3) is 3.66. The summed E-state index contributed by atoms with van der Waals surface area (Å²) < 4.78 is 37.9. The van der Waals surface area contributed by atoms with Gasteiger partial charge in [0.25, 0.3) is 5.91 Å². The summed E-state index contributed by atoms with van der Waals surface area (Å²) in [6.45, 7) is 1.92. The molecular formula is C17H14F3N5O. The minimum atomic E-state index is -4.54. The minimum Gasteiger partial charge on any atom is -0.383 e. The molecule has 0 aliphatic carbocycles. The lowest BCUT2D eigenvalue weighted by molar-refractivity contribution is -0.141. The van der Waals surface area contributed by atoms with E-state index in [0.29, 0.717) is 5.69 Å². The Balaban J connectivity index is 1.82. The third-order valence-corrected chi connectivity index (χ3v) is 3.63. The summed E-state index contributed by atoms with van der Waals surface area (Å²) in [5.74, 6) is -0.577. The van der Waals surface area contributed by atoms with E-state index >= 15 is 0 Å². The van der Waals surface area contributed by atoms with Gasteiger partial charge < -0.3 is 11.1 Å². The third-order valence-electron chi connectivity index (χ3n) is 3.63. The van der Waals surface area contributed by atoms with Gasteiger partial charge in [0.2, 0.25) is 0 Å². The monoisotopic (exact) mass is 361 g/mol. The van der Waals surface area contributed by atoms with Gasteiger partial charge in [-0.05, 0) is 37.3 Å². The lowest BCUT2D eigenvalue weighted by Crippen LogP contribution is -2.14. The first kappa shape index (κ1) is 17.5. The molecule has 0 saturated carbocycles. The number of pyridine rings is 1. The Bertz CT molecular complexity index is 948. The number of aromatic nitrogens is 3. The highest BCUT2D eigenvalue weighted by molar-refractivity contribution is 6.03. The van der Waals surface area contributed by atoms with Gasteiger partial charge in [0.15, 0.2) is 0 Å². The van der Waals surface area contributed by atoms with Crippen molar-refractivity contribution in [2.24, 2.45) is 0 Å². The largest absolute Gasteiger partial charge is 0.432 e. The van der Waals surface area contributed by atoms with Crippen LogP contribution in [-0.4, -0.2) is 21.1 Å². The highest BCUT2D eigenvalue weighted by Gasteiger charge is 2.33. The Kier molecular flexibility index (Phi) is 4.37. The summed E-state index contributed by atoms with van der Waals surface area (Å²) in [5, 5.41) is 8.18. The van der Waals surface area contributed by atoms with E-state index in [1.807, 2.05) is 24.2 Å². The SMILES string of the molecule is Cc1ccc(NC(=O)c2ccc(-c3cc(C(F)(F)F)[nH]n3)c(N)n2)cc1. The van der Waals surface area contributed by atoms with Crippen molar-refractivity contribution in [3.63, 3.8) is 0 Å². The van der Waals surface area contributed by atoms with Crippen molar-refractivity contribution in [1.29, 1.82) is 0 Å². The number of rotatable bonds is 3. The van der Waals surface area contributed by atoms with Crippen LogP contribution in [0, 0.1) is 6.92 Å². The number of carbonyl (C=O) groups excluding carboxylic acids is 1. The summed E-state index contributed by atoms with van der Waals surface area (Å²) in [7, 11) is 0. The molecule has 0 fully saturated rings. The van der Waals surface area contributed by atoms with Gasteiger partial charge in [-0.15, -0.1) is 0 Å². The summed E-state index contributed by atoms with van der Waals surface area (Å²) in [4.78, 5) is 16.2. The summed E-state index contributed by atoms with van der Waals surface area (Å²) >= 11 is 0. The molecule has 2 heterocycles. The van der Waals surface area contributed by atoms with Crippen LogP contribution in [0.25, 0.3) is 11.3 Å². The second-order valence-electron chi connectivity index (χ2n) is 5.61. The van der Waals surface area contributed by atoms with E-state index in [-0.39, 0.29) is 22.8 Å². The summed E-state index contributed by atoms with van der Waals surface area (Å²) in [6, 6.07) is 10.8. The Morgan fingerprint density at radius 1 is 1.15 bits per heavy atom. The van der Waals surface area contributed by atoms with Crippen molar-refractivity contribution < 1.29 is 18.0 Å². The predicted molar refractivity (Wildman–Crippen MR) is 90.4 cm³/mol. The maximum Gasteiger partial charge on any atom is 0.432 e. The Morgan fingerprint density at radius 3 is 2.42 bits per heavy atom. The van der Waals surface area contributed by atoms with Crippen LogP contribution in [0.3, 0.4) is 0 Å². The van der Waals surface area contributed by atoms with Gasteiger partial charge in [0.1, 0.15) is 17.2 Å². The number of amides is 1. The Morgan fingerprint density at radius 2 is 1.85 bits per heavy atom. The van der Waals surface area contributed by atoms with Crippen molar-refractivity contribution in [2.45, 2.75) is 13.1 Å². The molecule has 0 bridgehead atoms. The number of aryl methyl sites for hydroxylation is 1. The van der Waals surface area contributed by atoms with Crippen LogP contribution in [0.15, 0.2) is 42.5 Å². The number of hydrogen-bond donors (Lipinski definition) is 3. The number of nitrogens with zero attached hydrogens (tertiary/aromatic N) is 2. The number of nitrogens with one attached hydrogen (secondary N) is 2. The summed E-state index contributed by atoms with van der Waals surface area (Å²) in [5.41, 5.74) is 6.67. The van der Waals surface area contributed by atoms with Crippen molar-refractivity contribution >= 4 is 17.4 Å². The number of benzene rings is 1. The number of nitrogens with two attached hydrogens (primary N) is 1. The first-order valence-corrected chi connectivity index (χ1v) is 7.51. The van der Waals surface area contributed by atoms with Gasteiger partial charge in [-0.1, -0.05) is 17.7 Å². The standard InChI is InChI=1S/C17H14F3N5O/c1-9-2-4-10(5-3-9)22-16(26)12-7-6-11(15(21)23-12)13-8-14(25-24-13)17(18,19)20/h2-8H,1H3,(H2,21,23)(H,22,26)(H,24,25). The molecule has 9 heteroatoms. The number of halogens is 3. The number of carbonyl (C=O) groups is 1. The maximum atomic E-state index is 12.6. The normalized spacial score (nSPS) is 11.4. The fraction of sp³-hybridized carbons (Fsp3) is 0.118. The topological polar surface area (TPSA) is 96.7 Å². The molecule has 1 amide bonds. The van der Waals surface area contributed by atoms with Gasteiger partial charge in [0.05, 0.1) is 5.69 Å². The van der Waals surface area contributed by atoms with Crippen LogP contribution < -0.4 is 11.1 Å². The van der Waals surface area contributed by atoms with Gasteiger partial charge in [0, 0.05) is 11.3 Å². The molecule has 0 aliphatic heterocycles. The molecule has 1 aromatic carbocycles. The molecule has 0 aliphatic rings. The van der Waals surface area contributed by atoms with E-state index in [1.165, 1.54) is 12.1 Å². The lowest BCUT2D eigenvalue weighted by atomic mass is 10.1. The van der Waals surface area contributed by atoms with Crippen LogP contribution in [0.2, 0.25) is 0 Å². The van der Waals surface area contributed by atoms with Crippen LogP contribution in [0.4, 0.5) is 24.7 Å². The van der Waals surface area contributed by atoms with E-state index in [2.05, 4.69) is 15.4 Å². The average molecular weight is 361 g/mol. The van der Waals surface area contributed by atoms with Crippen molar-refractivity contribution in [3.8, 4) is 11.3 Å². The number of H-pyrrole nitrogens is 1. The lowest BCUT2D eigenvalue weighted by Gasteiger charge is -2.07.